The first-order chi connectivity index (χ1) is 13.9. The Balaban J connectivity index is 1.41. The highest BCUT2D eigenvalue weighted by atomic mass is 19.2. The molecule has 2 amide bonds. The monoisotopic (exact) mass is 406 g/mol. The van der Waals surface area contributed by atoms with E-state index >= 15 is 0 Å². The summed E-state index contributed by atoms with van der Waals surface area (Å²) in [6, 6.07) is 3.56. The molecule has 0 bridgehead atoms. The van der Waals surface area contributed by atoms with Crippen LogP contribution in [0.15, 0.2) is 22.8 Å². The number of hydrogen-bond acceptors (Lipinski definition) is 5. The van der Waals surface area contributed by atoms with Gasteiger partial charge in [0.15, 0.2) is 11.6 Å². The van der Waals surface area contributed by atoms with Gasteiger partial charge in [-0.2, -0.15) is 0 Å². The summed E-state index contributed by atoms with van der Waals surface area (Å²) in [6.45, 7) is 3.20. The Morgan fingerprint density at radius 2 is 2.10 bits per heavy atom. The molecule has 0 saturated carbocycles. The average molecular weight is 406 g/mol. The fourth-order valence-corrected chi connectivity index (χ4v) is 3.47. The van der Waals surface area contributed by atoms with Crippen molar-refractivity contribution in [3.63, 3.8) is 0 Å². The number of carbonyl (C=O) groups excluding carboxylic acids is 2. The summed E-state index contributed by atoms with van der Waals surface area (Å²) < 4.78 is 30.8. The van der Waals surface area contributed by atoms with Crippen LogP contribution in [0.25, 0.3) is 0 Å². The first-order valence-corrected chi connectivity index (χ1v) is 9.69. The van der Waals surface area contributed by atoms with Crippen LogP contribution in [0, 0.1) is 24.5 Å². The molecule has 0 unspecified atom stereocenters. The van der Waals surface area contributed by atoms with E-state index in [-0.39, 0.29) is 30.7 Å². The van der Waals surface area contributed by atoms with Crippen LogP contribution in [0.2, 0.25) is 0 Å². The number of halogens is 2. The highest BCUT2D eigenvalue weighted by molar-refractivity contribution is 5.78. The smallest absolute Gasteiger partial charge is 0.228 e. The van der Waals surface area contributed by atoms with Gasteiger partial charge in [-0.3, -0.25) is 9.59 Å². The third-order valence-electron chi connectivity index (χ3n) is 5.19. The van der Waals surface area contributed by atoms with Crippen LogP contribution < -0.4 is 5.32 Å². The number of rotatable bonds is 7. The Bertz CT molecular complexity index is 871. The molecule has 9 heteroatoms. The van der Waals surface area contributed by atoms with Crippen molar-refractivity contribution in [2.75, 3.05) is 13.1 Å². The molecule has 29 heavy (non-hydrogen) atoms. The van der Waals surface area contributed by atoms with Gasteiger partial charge < -0.3 is 10.2 Å². The second-order valence-corrected chi connectivity index (χ2v) is 7.38. The highest BCUT2D eigenvalue weighted by Crippen LogP contribution is 2.22. The zero-order valence-electron chi connectivity index (χ0n) is 16.3. The lowest BCUT2D eigenvalue weighted by Crippen LogP contribution is -2.41. The van der Waals surface area contributed by atoms with Gasteiger partial charge in [-0.1, -0.05) is 16.4 Å². The number of likely N-dealkylation sites (tertiary alicyclic amines) is 1. The van der Waals surface area contributed by atoms with E-state index in [0.29, 0.717) is 42.9 Å². The Hall–Kier alpha value is -2.84. The van der Waals surface area contributed by atoms with Crippen molar-refractivity contribution >= 4 is 11.8 Å². The summed E-state index contributed by atoms with van der Waals surface area (Å²) in [5.74, 6) is -1.76. The number of amides is 2. The van der Waals surface area contributed by atoms with Gasteiger partial charge in [-0.05, 0) is 49.8 Å². The first kappa shape index (κ1) is 20.9. The normalized spacial score (nSPS) is 16.7. The molecule has 0 spiro atoms. The third-order valence-corrected chi connectivity index (χ3v) is 5.19. The molecule has 3 rings (SSSR count). The summed E-state index contributed by atoms with van der Waals surface area (Å²) in [5, 5.41) is 10.2. The van der Waals surface area contributed by atoms with Gasteiger partial charge in [-0.25, -0.2) is 13.4 Å². The fourth-order valence-electron chi connectivity index (χ4n) is 3.47. The van der Waals surface area contributed by atoms with Crippen molar-refractivity contribution in [2.45, 2.75) is 45.6 Å². The van der Waals surface area contributed by atoms with E-state index in [1.54, 1.807) is 6.92 Å². The minimum absolute atomic E-state index is 0.0173. The van der Waals surface area contributed by atoms with Crippen molar-refractivity contribution in [3.05, 3.63) is 46.8 Å². The maximum absolute atomic E-state index is 13.2. The van der Waals surface area contributed by atoms with E-state index in [1.165, 1.54) is 6.07 Å². The minimum Gasteiger partial charge on any atom is -0.352 e. The number of nitrogens with one attached hydrogen (secondary N) is 1. The largest absolute Gasteiger partial charge is 0.352 e. The molecule has 7 nitrogen and oxygen atoms in total. The Labute approximate surface area is 167 Å². The molecule has 156 valence electrons. The van der Waals surface area contributed by atoms with Crippen LogP contribution >= 0.6 is 0 Å². The molecule has 1 aromatic carbocycles. The number of carbonyl (C=O) groups is 2. The zero-order chi connectivity index (χ0) is 20.8. The van der Waals surface area contributed by atoms with Gasteiger partial charge in [-0.15, -0.1) is 0 Å². The maximum Gasteiger partial charge on any atom is 0.228 e. The third kappa shape index (κ3) is 5.82. The van der Waals surface area contributed by atoms with Crippen LogP contribution in [0.3, 0.4) is 0 Å². The predicted octanol–water partition coefficient (Wildman–Crippen LogP) is 2.53. The van der Waals surface area contributed by atoms with Crippen molar-refractivity contribution in [1.29, 1.82) is 0 Å². The number of hydrogen-bond donors (Lipinski definition) is 1. The molecule has 1 aromatic heterocycles. The summed E-state index contributed by atoms with van der Waals surface area (Å²) >= 11 is 0. The lowest BCUT2D eigenvalue weighted by atomic mass is 9.93. The molecule has 1 fully saturated rings. The van der Waals surface area contributed by atoms with E-state index in [0.717, 1.165) is 25.0 Å². The lowest BCUT2D eigenvalue weighted by Gasteiger charge is -2.32. The van der Waals surface area contributed by atoms with Gasteiger partial charge in [0.25, 0.3) is 0 Å². The van der Waals surface area contributed by atoms with Crippen LogP contribution in [-0.2, 0) is 22.6 Å². The second kappa shape index (κ2) is 9.58. The quantitative estimate of drug-likeness (QED) is 0.763. The Morgan fingerprint density at radius 3 is 2.83 bits per heavy atom. The van der Waals surface area contributed by atoms with Crippen molar-refractivity contribution in [2.24, 2.45) is 5.92 Å². The molecule has 1 N–H and O–H groups in total. The van der Waals surface area contributed by atoms with Crippen LogP contribution in [-0.4, -0.2) is 40.1 Å². The zero-order valence-corrected chi connectivity index (χ0v) is 16.3. The molecule has 2 heterocycles. The number of piperidine rings is 1. The van der Waals surface area contributed by atoms with Gasteiger partial charge in [0, 0.05) is 26.1 Å². The topological polar surface area (TPSA) is 88.3 Å². The second-order valence-electron chi connectivity index (χ2n) is 7.38. The molecular weight excluding hydrogens is 382 g/mol. The van der Waals surface area contributed by atoms with Crippen LogP contribution in [0.4, 0.5) is 8.78 Å². The van der Waals surface area contributed by atoms with Crippen LogP contribution in [0.5, 0.6) is 0 Å². The predicted molar refractivity (Wildman–Crippen MR) is 99.5 cm³/mol. The molecule has 1 aliphatic rings. The maximum atomic E-state index is 13.2. The van der Waals surface area contributed by atoms with E-state index in [9.17, 15) is 18.4 Å². The molecule has 0 radical (unpaired) electrons. The van der Waals surface area contributed by atoms with Gasteiger partial charge >= 0.3 is 0 Å². The van der Waals surface area contributed by atoms with E-state index in [4.69, 9.17) is 0 Å². The SMILES string of the molecule is Cc1nonc1CC(=O)N1CCC[C@@H](CCC(=O)NCc2ccc(F)c(F)c2)C1. The molecule has 0 aliphatic carbocycles. The van der Waals surface area contributed by atoms with Crippen molar-refractivity contribution in [1.82, 2.24) is 20.5 Å². The molecule has 2 aromatic rings. The summed E-state index contributed by atoms with van der Waals surface area (Å²) in [6.07, 6.45) is 3.01. The van der Waals surface area contributed by atoms with Crippen LogP contribution in [0.1, 0.15) is 42.6 Å². The number of aromatic nitrogens is 2. The number of benzene rings is 1. The fraction of sp³-hybridized carbons (Fsp3) is 0.500. The van der Waals surface area contributed by atoms with Crippen molar-refractivity contribution in [3.8, 4) is 0 Å². The minimum atomic E-state index is -0.930. The van der Waals surface area contributed by atoms with E-state index in [2.05, 4.69) is 20.3 Å². The Morgan fingerprint density at radius 1 is 1.28 bits per heavy atom. The molecule has 1 saturated heterocycles. The number of aryl methyl sites for hydroxylation is 1. The van der Waals surface area contributed by atoms with Gasteiger partial charge in [0.1, 0.15) is 11.4 Å². The lowest BCUT2D eigenvalue weighted by molar-refractivity contribution is -0.132. The van der Waals surface area contributed by atoms with Gasteiger partial charge in [0.05, 0.1) is 6.42 Å². The molecule has 1 aliphatic heterocycles. The summed E-state index contributed by atoms with van der Waals surface area (Å²) in [5.41, 5.74) is 1.67. The number of nitrogens with zero attached hydrogens (tertiary/aromatic N) is 3. The molecular formula is C20H24F2N4O3. The highest BCUT2D eigenvalue weighted by Gasteiger charge is 2.25. The van der Waals surface area contributed by atoms with Gasteiger partial charge in [0.2, 0.25) is 11.8 Å². The Kier molecular flexibility index (Phi) is 6.90. The standard InChI is InChI=1S/C20H24F2N4O3/c1-13-18(25-29-24-13)10-20(28)26-8-2-3-14(12-26)5-7-19(27)23-11-15-4-6-16(21)17(22)9-15/h4,6,9,14H,2-3,5,7-8,10-12H2,1H3,(H,23,27)/t14-/m0/s1. The summed E-state index contributed by atoms with van der Waals surface area (Å²) in [7, 11) is 0. The van der Waals surface area contributed by atoms with Crippen molar-refractivity contribution < 1.29 is 23.0 Å². The average Bonchev–Trinajstić information content (AvgIpc) is 3.12. The first-order valence-electron chi connectivity index (χ1n) is 9.69. The molecule has 1 atom stereocenters. The summed E-state index contributed by atoms with van der Waals surface area (Å²) in [4.78, 5) is 26.4. The van der Waals surface area contributed by atoms with E-state index in [1.807, 2.05) is 4.90 Å². The van der Waals surface area contributed by atoms with E-state index < -0.39 is 11.6 Å².